The zero-order chi connectivity index (χ0) is 20.2. The molecule has 4 rings (SSSR count). The van der Waals surface area contributed by atoms with Gasteiger partial charge in [-0.25, -0.2) is 0 Å². The van der Waals surface area contributed by atoms with Gasteiger partial charge in [-0.2, -0.15) is 0 Å². The maximum Gasteiger partial charge on any atom is 0.197 e. The van der Waals surface area contributed by atoms with Crippen molar-refractivity contribution in [1.29, 1.82) is 0 Å². The van der Waals surface area contributed by atoms with E-state index in [2.05, 4.69) is 0 Å². The summed E-state index contributed by atoms with van der Waals surface area (Å²) in [5, 5.41) is 20.9. The van der Waals surface area contributed by atoms with Gasteiger partial charge in [-0.05, 0) is 39.0 Å². The predicted octanol–water partition coefficient (Wildman–Crippen LogP) is 4.37. The molecule has 1 aliphatic rings. The molecule has 0 fully saturated rings. The number of hydrogen-bond acceptors (Lipinski definition) is 6. The van der Waals surface area contributed by atoms with Gasteiger partial charge in [0.15, 0.2) is 16.9 Å². The van der Waals surface area contributed by atoms with Crippen molar-refractivity contribution in [1.82, 2.24) is 0 Å². The van der Waals surface area contributed by atoms with Crippen LogP contribution in [-0.2, 0) is 0 Å². The van der Waals surface area contributed by atoms with Gasteiger partial charge in [0.25, 0.3) is 0 Å². The fourth-order valence-electron chi connectivity index (χ4n) is 3.33. The third kappa shape index (κ3) is 2.78. The lowest BCUT2D eigenvalue weighted by Crippen LogP contribution is -2.27. The fourth-order valence-corrected chi connectivity index (χ4v) is 3.33. The average Bonchev–Trinajstić information content (AvgIpc) is 2.64. The van der Waals surface area contributed by atoms with E-state index in [9.17, 15) is 15.0 Å². The Balaban J connectivity index is 1.92. The van der Waals surface area contributed by atoms with Crippen LogP contribution in [0.15, 0.2) is 39.6 Å². The van der Waals surface area contributed by atoms with Gasteiger partial charge >= 0.3 is 0 Å². The van der Waals surface area contributed by atoms with Crippen molar-refractivity contribution >= 4 is 17.0 Å². The monoisotopic (exact) mass is 380 g/mol. The Morgan fingerprint density at radius 3 is 2.57 bits per heavy atom. The summed E-state index contributed by atoms with van der Waals surface area (Å²) in [4.78, 5) is 12.6. The lowest BCUT2D eigenvalue weighted by Gasteiger charge is -2.28. The van der Waals surface area contributed by atoms with Crippen molar-refractivity contribution in [3.8, 4) is 34.3 Å². The van der Waals surface area contributed by atoms with Gasteiger partial charge in [-0.3, -0.25) is 4.79 Å². The highest BCUT2D eigenvalue weighted by Crippen LogP contribution is 2.42. The number of hydrogen-bond donors (Lipinski definition) is 2. The van der Waals surface area contributed by atoms with Crippen molar-refractivity contribution in [3.63, 3.8) is 0 Å². The molecule has 0 bridgehead atoms. The standard InChI is InChI=1S/C22H20O6/c1-11-16(26-4)10-18-19(20(11)25)14(23)9-17(27-18)13-7-12-5-6-22(2,3)28-21(12)15(24)8-13/h5-10,24-25H,1-4H3. The van der Waals surface area contributed by atoms with Crippen LogP contribution in [0.1, 0.15) is 25.0 Å². The van der Waals surface area contributed by atoms with Crippen LogP contribution in [0.5, 0.6) is 23.0 Å². The van der Waals surface area contributed by atoms with Crippen molar-refractivity contribution in [3.05, 3.63) is 51.7 Å². The molecule has 0 saturated carbocycles. The van der Waals surface area contributed by atoms with Crippen molar-refractivity contribution in [2.24, 2.45) is 0 Å². The van der Waals surface area contributed by atoms with Crippen LogP contribution in [0.25, 0.3) is 28.4 Å². The summed E-state index contributed by atoms with van der Waals surface area (Å²) in [5.41, 5.74) is 0.959. The highest BCUT2D eigenvalue weighted by atomic mass is 16.5. The number of fused-ring (bicyclic) bond motifs is 2. The first-order valence-electron chi connectivity index (χ1n) is 8.80. The van der Waals surface area contributed by atoms with Gasteiger partial charge in [-0.1, -0.05) is 6.08 Å². The minimum atomic E-state index is -0.520. The zero-order valence-electron chi connectivity index (χ0n) is 16.0. The van der Waals surface area contributed by atoms with E-state index in [1.807, 2.05) is 26.0 Å². The van der Waals surface area contributed by atoms with Gasteiger partial charge in [0, 0.05) is 28.8 Å². The van der Waals surface area contributed by atoms with Crippen LogP contribution in [-0.4, -0.2) is 22.9 Å². The normalized spacial score (nSPS) is 14.6. The lowest BCUT2D eigenvalue weighted by atomic mass is 9.99. The first kappa shape index (κ1) is 18.0. The third-order valence-electron chi connectivity index (χ3n) is 4.83. The van der Waals surface area contributed by atoms with E-state index in [1.54, 1.807) is 19.1 Å². The number of ether oxygens (including phenoxy) is 2. The number of aromatic hydroxyl groups is 2. The zero-order valence-corrected chi connectivity index (χ0v) is 16.0. The number of phenolic OH excluding ortho intramolecular Hbond substituents is 2. The van der Waals surface area contributed by atoms with Crippen LogP contribution in [0, 0.1) is 6.92 Å². The van der Waals surface area contributed by atoms with Gasteiger partial charge in [0.1, 0.15) is 33.8 Å². The smallest absolute Gasteiger partial charge is 0.197 e. The van der Waals surface area contributed by atoms with E-state index in [0.717, 1.165) is 0 Å². The third-order valence-corrected chi connectivity index (χ3v) is 4.83. The summed E-state index contributed by atoms with van der Waals surface area (Å²) in [5.74, 6) is 0.851. The van der Waals surface area contributed by atoms with E-state index in [1.165, 1.54) is 19.2 Å². The number of methoxy groups -OCH3 is 1. The molecule has 1 aliphatic heterocycles. The summed E-state index contributed by atoms with van der Waals surface area (Å²) in [6.45, 7) is 5.45. The Labute approximate surface area is 161 Å². The molecule has 3 aromatic rings. The lowest BCUT2D eigenvalue weighted by molar-refractivity contribution is 0.153. The molecule has 1 aromatic heterocycles. The second-order valence-electron chi connectivity index (χ2n) is 7.35. The molecule has 0 radical (unpaired) electrons. The molecule has 144 valence electrons. The molecular formula is C22H20O6. The maximum absolute atomic E-state index is 12.6. The van der Waals surface area contributed by atoms with E-state index < -0.39 is 5.60 Å². The minimum absolute atomic E-state index is 0.0444. The molecule has 0 aliphatic carbocycles. The molecule has 6 nitrogen and oxygen atoms in total. The van der Waals surface area contributed by atoms with Crippen LogP contribution in [0.2, 0.25) is 0 Å². The highest BCUT2D eigenvalue weighted by molar-refractivity contribution is 5.88. The highest BCUT2D eigenvalue weighted by Gasteiger charge is 2.25. The second-order valence-corrected chi connectivity index (χ2v) is 7.35. The second kappa shape index (κ2) is 6.05. The molecule has 2 N–H and O–H groups in total. The van der Waals surface area contributed by atoms with Crippen LogP contribution in [0.4, 0.5) is 0 Å². The van der Waals surface area contributed by atoms with Crippen molar-refractivity contribution < 1.29 is 24.1 Å². The molecule has 0 saturated heterocycles. The van der Waals surface area contributed by atoms with E-state index in [4.69, 9.17) is 13.9 Å². The Morgan fingerprint density at radius 2 is 1.86 bits per heavy atom. The Hall–Kier alpha value is -3.41. The molecule has 2 heterocycles. The average molecular weight is 380 g/mol. The van der Waals surface area contributed by atoms with E-state index in [-0.39, 0.29) is 33.7 Å². The molecule has 2 aromatic carbocycles. The maximum atomic E-state index is 12.6. The molecule has 28 heavy (non-hydrogen) atoms. The molecule has 0 amide bonds. The predicted molar refractivity (Wildman–Crippen MR) is 106 cm³/mol. The summed E-state index contributed by atoms with van der Waals surface area (Å²) >= 11 is 0. The van der Waals surface area contributed by atoms with Crippen LogP contribution in [0.3, 0.4) is 0 Å². The summed E-state index contributed by atoms with van der Waals surface area (Å²) in [6, 6.07) is 6.13. The topological polar surface area (TPSA) is 89.1 Å². The van der Waals surface area contributed by atoms with Gasteiger partial charge in [0.2, 0.25) is 0 Å². The molecule has 0 spiro atoms. The van der Waals surface area contributed by atoms with Gasteiger partial charge in [0.05, 0.1) is 7.11 Å². The van der Waals surface area contributed by atoms with E-state index >= 15 is 0 Å². The molecule has 0 unspecified atom stereocenters. The van der Waals surface area contributed by atoms with Gasteiger partial charge < -0.3 is 24.1 Å². The summed E-state index contributed by atoms with van der Waals surface area (Å²) < 4.78 is 16.9. The van der Waals surface area contributed by atoms with Crippen LogP contribution >= 0.6 is 0 Å². The molecular weight excluding hydrogens is 360 g/mol. The molecule has 0 atom stereocenters. The largest absolute Gasteiger partial charge is 0.507 e. The van der Waals surface area contributed by atoms with E-state index in [0.29, 0.717) is 28.2 Å². The van der Waals surface area contributed by atoms with Crippen LogP contribution < -0.4 is 14.9 Å². The van der Waals surface area contributed by atoms with Crippen molar-refractivity contribution in [2.75, 3.05) is 7.11 Å². The summed E-state index contributed by atoms with van der Waals surface area (Å²) in [6.07, 6.45) is 3.75. The first-order valence-corrected chi connectivity index (χ1v) is 8.80. The number of phenols is 2. The number of benzene rings is 2. The van der Waals surface area contributed by atoms with Gasteiger partial charge in [-0.15, -0.1) is 0 Å². The fraction of sp³-hybridized carbons (Fsp3) is 0.227. The Morgan fingerprint density at radius 1 is 1.11 bits per heavy atom. The quantitative estimate of drug-likeness (QED) is 0.686. The minimum Gasteiger partial charge on any atom is -0.507 e. The molecule has 6 heteroatoms. The number of rotatable bonds is 2. The Bertz CT molecular complexity index is 1200. The Kier molecular flexibility index (Phi) is 3.89. The summed E-state index contributed by atoms with van der Waals surface area (Å²) in [7, 11) is 1.48. The first-order chi connectivity index (χ1) is 13.2. The van der Waals surface area contributed by atoms with Crippen molar-refractivity contribution in [2.45, 2.75) is 26.4 Å². The SMILES string of the molecule is COc1cc2oc(-c3cc(O)c4c(c3)C=CC(C)(C)O4)cc(=O)c2c(O)c1C.